The lowest BCUT2D eigenvalue weighted by Crippen LogP contribution is -2.33. The van der Waals surface area contributed by atoms with Crippen LogP contribution in [0.1, 0.15) is 20.3 Å². The monoisotopic (exact) mass is 266 g/mol. The van der Waals surface area contributed by atoms with E-state index in [0.29, 0.717) is 0 Å². The van der Waals surface area contributed by atoms with Crippen LogP contribution in [0.15, 0.2) is 12.2 Å². The second kappa shape index (κ2) is 6.23. The molecule has 0 aliphatic carbocycles. The van der Waals surface area contributed by atoms with Crippen molar-refractivity contribution in [3.8, 4) is 0 Å². The fourth-order valence-corrected chi connectivity index (χ4v) is 0.334. The molecule has 90 valence electrons. The first-order valence-corrected chi connectivity index (χ1v) is 4.54. The Labute approximate surface area is 95.7 Å². The van der Waals surface area contributed by atoms with Crippen molar-refractivity contribution in [2.24, 2.45) is 0 Å². The van der Waals surface area contributed by atoms with Crippen LogP contribution in [0.25, 0.3) is 0 Å². The normalized spacial score (nSPS) is 14.6. The van der Waals surface area contributed by atoms with E-state index in [1.165, 1.54) is 13.8 Å². The van der Waals surface area contributed by atoms with Crippen LogP contribution in [-0.4, -0.2) is 21.6 Å². The van der Waals surface area contributed by atoms with Crippen molar-refractivity contribution in [2.75, 3.05) is 0 Å². The van der Waals surface area contributed by atoms with Gasteiger partial charge in [-0.15, -0.1) is 0 Å². The average molecular weight is 267 g/mol. The minimum Gasteiger partial charge on any atom is -0.478 e. The van der Waals surface area contributed by atoms with Crippen LogP contribution in [0.5, 0.6) is 0 Å². The van der Waals surface area contributed by atoms with Crippen LogP contribution >= 0.6 is 23.2 Å². The van der Waals surface area contributed by atoms with Crippen LogP contribution in [0.2, 0.25) is 0 Å². The first kappa shape index (κ1) is 17.0. The van der Waals surface area contributed by atoms with E-state index < -0.39 is 22.9 Å². The predicted octanol–water partition coefficient (Wildman–Crippen LogP) is 3.78. The maximum absolute atomic E-state index is 12.2. The summed E-state index contributed by atoms with van der Waals surface area (Å²) in [7, 11) is 0. The molecule has 2 nitrogen and oxygen atoms in total. The molecule has 0 heterocycles. The van der Waals surface area contributed by atoms with E-state index in [2.05, 4.69) is 29.8 Å². The summed E-state index contributed by atoms with van der Waals surface area (Å²) in [6, 6.07) is 0. The molecule has 1 unspecified atom stereocenters. The molecule has 7 heteroatoms. The van der Waals surface area contributed by atoms with Gasteiger partial charge in [-0.25, -0.2) is 9.18 Å². The Morgan fingerprint density at radius 3 is 1.67 bits per heavy atom. The predicted molar refractivity (Wildman–Crippen MR) is 53.2 cm³/mol. The summed E-state index contributed by atoms with van der Waals surface area (Å²) in [6.45, 7) is 5.79. The summed E-state index contributed by atoms with van der Waals surface area (Å²) in [5.41, 5.74) is 0.176. The summed E-state index contributed by atoms with van der Waals surface area (Å²) in [5.74, 6) is -0.935. The molecule has 0 aromatic heterocycles. The van der Waals surface area contributed by atoms with Crippen LogP contribution in [0, 0.1) is 0 Å². The molecule has 0 amide bonds. The van der Waals surface area contributed by atoms with E-state index in [-0.39, 0.29) is 5.57 Å². The summed E-state index contributed by atoms with van der Waals surface area (Å²) >= 11 is 8.93. The average Bonchev–Trinajstić information content (AvgIpc) is 2.03. The van der Waals surface area contributed by atoms with E-state index in [1.54, 1.807) is 0 Å². The second-order valence-electron chi connectivity index (χ2n) is 2.64. The fourth-order valence-electron chi connectivity index (χ4n) is 0.200. The van der Waals surface area contributed by atoms with Crippen molar-refractivity contribution in [3.63, 3.8) is 0 Å². The van der Waals surface area contributed by atoms with E-state index in [4.69, 9.17) is 5.11 Å². The zero-order valence-electron chi connectivity index (χ0n) is 8.16. The topological polar surface area (TPSA) is 37.3 Å². The van der Waals surface area contributed by atoms with Crippen molar-refractivity contribution in [1.29, 1.82) is 0 Å². The minimum absolute atomic E-state index is 0.176. The van der Waals surface area contributed by atoms with Gasteiger partial charge in [-0.3, -0.25) is 0 Å². The van der Waals surface area contributed by atoms with E-state index >= 15 is 0 Å². The maximum atomic E-state index is 12.2. The number of carboxylic acids is 1. The summed E-state index contributed by atoms with van der Waals surface area (Å²) in [4.78, 5) is 9.60. The van der Waals surface area contributed by atoms with Gasteiger partial charge in [0.15, 0.2) is 0 Å². The second-order valence-corrected chi connectivity index (χ2v) is 3.72. The zero-order valence-corrected chi connectivity index (χ0v) is 9.67. The summed E-state index contributed by atoms with van der Waals surface area (Å²) in [5, 5.41) is 0.792. The van der Waals surface area contributed by atoms with Crippen molar-refractivity contribution in [1.82, 2.24) is 0 Å². The third-order valence-corrected chi connectivity index (χ3v) is 2.12. The first-order valence-electron chi connectivity index (χ1n) is 3.79. The summed E-state index contributed by atoms with van der Waals surface area (Å²) < 4.78 is 35.7. The van der Waals surface area contributed by atoms with Crippen LogP contribution in [0.4, 0.5) is 13.2 Å². The van der Waals surface area contributed by atoms with Gasteiger partial charge in [0.05, 0.1) is 0 Å². The van der Waals surface area contributed by atoms with Crippen LogP contribution in [-0.2, 0) is 4.79 Å². The third kappa shape index (κ3) is 7.50. The smallest absolute Gasteiger partial charge is 0.368 e. The Balaban J connectivity index is 0. The number of rotatable bonds is 3. The number of carboxylic acid groups (broad SMARTS) is 1. The van der Waals surface area contributed by atoms with Crippen molar-refractivity contribution in [3.05, 3.63) is 12.2 Å². The Hall–Kier alpha value is -0.420. The standard InChI is InChI=1S/C4H5Cl2F3.C4H6O2/c1-2-3(5,7)4(6,8)9;1-3(2)4(5)6/h2H2,1H3;1H2,2H3,(H,5,6). The molecule has 0 aromatic rings. The lowest BCUT2D eigenvalue weighted by molar-refractivity contribution is -0.132. The van der Waals surface area contributed by atoms with Gasteiger partial charge in [-0.05, 0) is 18.5 Å². The molecular weight excluding hydrogens is 256 g/mol. The number of halogens is 5. The minimum atomic E-state index is -3.98. The molecule has 0 aliphatic rings. The van der Waals surface area contributed by atoms with Crippen LogP contribution in [0.3, 0.4) is 0 Å². The highest BCUT2D eigenvalue weighted by atomic mass is 35.5. The summed E-state index contributed by atoms with van der Waals surface area (Å²) in [6.07, 6.45) is -0.523. The van der Waals surface area contributed by atoms with Gasteiger partial charge < -0.3 is 5.11 Å². The molecule has 1 atom stereocenters. The van der Waals surface area contributed by atoms with Crippen molar-refractivity contribution >= 4 is 29.2 Å². The number of carbonyl (C=O) groups is 1. The number of hydrogen-bond acceptors (Lipinski definition) is 1. The van der Waals surface area contributed by atoms with Crippen molar-refractivity contribution < 1.29 is 23.1 Å². The third-order valence-electron chi connectivity index (χ3n) is 1.22. The van der Waals surface area contributed by atoms with E-state index in [0.717, 1.165) is 0 Å². The Morgan fingerprint density at radius 1 is 1.40 bits per heavy atom. The molecule has 0 fully saturated rings. The largest absolute Gasteiger partial charge is 0.478 e. The van der Waals surface area contributed by atoms with Gasteiger partial charge in [-0.2, -0.15) is 8.78 Å². The Kier molecular flexibility index (Phi) is 7.05. The Morgan fingerprint density at radius 2 is 1.67 bits per heavy atom. The zero-order chi connectivity index (χ0) is 12.9. The SMILES string of the molecule is C=C(C)C(=O)O.CCC(F)(Cl)C(F)(F)Cl. The van der Waals surface area contributed by atoms with E-state index in [9.17, 15) is 18.0 Å². The molecule has 15 heavy (non-hydrogen) atoms. The molecule has 0 aromatic carbocycles. The first-order chi connectivity index (χ1) is 6.45. The molecule has 0 radical (unpaired) electrons. The van der Waals surface area contributed by atoms with Crippen LogP contribution < -0.4 is 0 Å². The highest BCUT2D eigenvalue weighted by molar-refractivity contribution is 6.32. The highest BCUT2D eigenvalue weighted by Crippen LogP contribution is 2.41. The molecule has 0 saturated carbocycles. The Bertz CT molecular complexity index is 225. The molecule has 0 saturated heterocycles. The molecule has 0 rings (SSSR count). The lowest BCUT2D eigenvalue weighted by Gasteiger charge is -2.20. The molecule has 0 aliphatic heterocycles. The van der Waals surface area contributed by atoms with Gasteiger partial charge in [0.25, 0.3) is 5.13 Å². The number of alkyl halides is 5. The quantitative estimate of drug-likeness (QED) is 0.624. The van der Waals surface area contributed by atoms with Gasteiger partial charge in [-0.1, -0.05) is 25.1 Å². The van der Waals surface area contributed by atoms with Gasteiger partial charge in [0.1, 0.15) is 0 Å². The van der Waals surface area contributed by atoms with Gasteiger partial charge in [0.2, 0.25) is 0 Å². The lowest BCUT2D eigenvalue weighted by atomic mass is 10.3. The fraction of sp³-hybridized carbons (Fsp3) is 0.625. The van der Waals surface area contributed by atoms with Gasteiger partial charge >= 0.3 is 11.4 Å². The van der Waals surface area contributed by atoms with E-state index in [1.807, 2.05) is 0 Å². The molecule has 0 spiro atoms. The molecule has 1 N–H and O–H groups in total. The highest BCUT2D eigenvalue weighted by Gasteiger charge is 2.50. The molecular formula is C8H11Cl2F3O2. The van der Waals surface area contributed by atoms with Gasteiger partial charge in [0, 0.05) is 12.0 Å². The number of hydrogen-bond donors (Lipinski definition) is 1. The molecule has 0 bridgehead atoms. The van der Waals surface area contributed by atoms with Crippen molar-refractivity contribution in [2.45, 2.75) is 30.8 Å². The maximum Gasteiger partial charge on any atom is 0.368 e. The number of aliphatic carboxylic acids is 1.